The molecule has 0 aromatic carbocycles. The van der Waals surface area contributed by atoms with Crippen LogP contribution in [0.5, 0.6) is 0 Å². The highest BCUT2D eigenvalue weighted by molar-refractivity contribution is 5.18. The fourth-order valence-electron chi connectivity index (χ4n) is 1.14. The van der Waals surface area contributed by atoms with Crippen LogP contribution in [0.2, 0.25) is 0 Å². The lowest BCUT2D eigenvalue weighted by Crippen LogP contribution is -2.22. The van der Waals surface area contributed by atoms with Crippen LogP contribution in [0.4, 0.5) is 0 Å². The van der Waals surface area contributed by atoms with Crippen LogP contribution >= 0.6 is 0 Å². The summed E-state index contributed by atoms with van der Waals surface area (Å²) >= 11 is 0. The largest absolute Gasteiger partial charge is 0.312 e. The van der Waals surface area contributed by atoms with Crippen LogP contribution in [0, 0.1) is 0 Å². The summed E-state index contributed by atoms with van der Waals surface area (Å²) in [5.74, 6) is 0. The maximum Gasteiger partial charge on any atom is 0.0535 e. The Labute approximate surface area is 68.7 Å². The number of aromatic amines is 1. The van der Waals surface area contributed by atoms with Crippen molar-refractivity contribution in [3.05, 3.63) is 17.5 Å². The second-order valence-electron chi connectivity index (χ2n) is 2.30. The summed E-state index contributed by atoms with van der Waals surface area (Å²) in [7, 11) is 0. The van der Waals surface area contributed by atoms with Crippen LogP contribution in [0.15, 0.2) is 6.20 Å². The van der Waals surface area contributed by atoms with Crippen molar-refractivity contribution in [3.63, 3.8) is 0 Å². The molecule has 2 heterocycles. The van der Waals surface area contributed by atoms with Gasteiger partial charge in [-0.15, -0.1) is 0 Å². The standard InChI is InChI=1S/C6H9N3.C2H6.H2/c1-2-7-3-5-4-8-9-6(1)5;1-2;/h4,7H,1-3H2,(H,8,9);1-2H3;1H. The van der Waals surface area contributed by atoms with Crippen LogP contribution in [0.3, 0.4) is 0 Å². The van der Waals surface area contributed by atoms with Gasteiger partial charge in [0, 0.05) is 32.2 Å². The SMILES string of the molecule is CC.[HH].c1n[nH]c2c1CNCC2. The van der Waals surface area contributed by atoms with Gasteiger partial charge in [0.2, 0.25) is 0 Å². The number of rotatable bonds is 0. The molecule has 1 aliphatic heterocycles. The van der Waals surface area contributed by atoms with Gasteiger partial charge in [0.25, 0.3) is 0 Å². The topological polar surface area (TPSA) is 40.7 Å². The maximum absolute atomic E-state index is 3.94. The first-order valence-electron chi connectivity index (χ1n) is 4.18. The Morgan fingerprint density at radius 3 is 3.09 bits per heavy atom. The van der Waals surface area contributed by atoms with Crippen LogP contribution < -0.4 is 5.32 Å². The molecular formula is C8H17N3. The molecule has 0 radical (unpaired) electrons. The molecule has 1 aromatic rings. The van der Waals surface area contributed by atoms with Crippen molar-refractivity contribution < 1.29 is 1.43 Å². The van der Waals surface area contributed by atoms with Crippen molar-refractivity contribution >= 4 is 0 Å². The van der Waals surface area contributed by atoms with E-state index in [1.165, 1.54) is 11.3 Å². The number of nitrogens with zero attached hydrogens (tertiary/aromatic N) is 1. The summed E-state index contributed by atoms with van der Waals surface area (Å²) in [5.41, 5.74) is 2.62. The first kappa shape index (κ1) is 8.27. The van der Waals surface area contributed by atoms with E-state index in [0.29, 0.717) is 0 Å². The zero-order valence-electron chi connectivity index (χ0n) is 7.15. The monoisotopic (exact) mass is 155 g/mol. The maximum atomic E-state index is 3.94. The van der Waals surface area contributed by atoms with E-state index in [0.717, 1.165) is 19.5 Å². The van der Waals surface area contributed by atoms with Crippen LogP contribution in [0.25, 0.3) is 0 Å². The van der Waals surface area contributed by atoms with Crippen molar-refractivity contribution in [2.75, 3.05) is 6.54 Å². The van der Waals surface area contributed by atoms with Crippen LogP contribution in [0.1, 0.15) is 26.5 Å². The minimum Gasteiger partial charge on any atom is -0.312 e. The van der Waals surface area contributed by atoms with Crippen molar-refractivity contribution in [2.24, 2.45) is 0 Å². The highest BCUT2D eigenvalue weighted by Gasteiger charge is 2.08. The van der Waals surface area contributed by atoms with Gasteiger partial charge in [0.05, 0.1) is 6.20 Å². The predicted octanol–water partition coefficient (Wildman–Crippen LogP) is 1.33. The Bertz CT molecular complexity index is 189. The zero-order chi connectivity index (χ0) is 8.10. The lowest BCUT2D eigenvalue weighted by Gasteiger charge is -2.10. The molecule has 3 heteroatoms. The van der Waals surface area contributed by atoms with E-state index in [1.54, 1.807) is 0 Å². The van der Waals surface area contributed by atoms with Gasteiger partial charge in [-0.1, -0.05) is 13.8 Å². The smallest absolute Gasteiger partial charge is 0.0535 e. The second-order valence-corrected chi connectivity index (χ2v) is 2.30. The quantitative estimate of drug-likeness (QED) is 0.593. The van der Waals surface area contributed by atoms with Gasteiger partial charge in [-0.3, -0.25) is 5.10 Å². The number of fused-ring (bicyclic) bond motifs is 1. The summed E-state index contributed by atoms with van der Waals surface area (Å²) in [5, 5.41) is 10.2. The fraction of sp³-hybridized carbons (Fsp3) is 0.625. The number of nitrogens with one attached hydrogen (secondary N) is 2. The number of hydrogen-bond acceptors (Lipinski definition) is 2. The molecule has 0 unspecified atom stereocenters. The molecule has 1 aliphatic rings. The van der Waals surface area contributed by atoms with Crippen LogP contribution in [-0.4, -0.2) is 16.7 Å². The molecule has 64 valence electrons. The van der Waals surface area contributed by atoms with Crippen molar-refractivity contribution in [1.29, 1.82) is 0 Å². The summed E-state index contributed by atoms with van der Waals surface area (Å²) in [6.07, 6.45) is 2.98. The summed E-state index contributed by atoms with van der Waals surface area (Å²) < 4.78 is 0. The molecule has 2 rings (SSSR count). The number of H-pyrrole nitrogens is 1. The second kappa shape index (κ2) is 4.13. The zero-order valence-corrected chi connectivity index (χ0v) is 7.15. The Morgan fingerprint density at radius 1 is 1.55 bits per heavy atom. The van der Waals surface area contributed by atoms with Gasteiger partial charge in [-0.2, -0.15) is 5.10 Å². The van der Waals surface area contributed by atoms with E-state index in [4.69, 9.17) is 0 Å². The molecule has 11 heavy (non-hydrogen) atoms. The molecule has 0 amide bonds. The van der Waals surface area contributed by atoms with E-state index in [9.17, 15) is 0 Å². The minimum absolute atomic E-state index is 0. The molecule has 0 saturated heterocycles. The Hall–Kier alpha value is -0.830. The molecule has 2 N–H and O–H groups in total. The molecule has 0 bridgehead atoms. The molecule has 0 fully saturated rings. The lowest BCUT2D eigenvalue weighted by molar-refractivity contribution is 0.637. The molecule has 1 aromatic heterocycles. The van der Waals surface area contributed by atoms with Crippen molar-refractivity contribution in [1.82, 2.24) is 15.5 Å². The average Bonchev–Trinajstić information content (AvgIpc) is 2.55. The first-order valence-corrected chi connectivity index (χ1v) is 4.18. The van der Waals surface area contributed by atoms with Gasteiger partial charge in [0.1, 0.15) is 0 Å². The average molecular weight is 155 g/mol. The van der Waals surface area contributed by atoms with Gasteiger partial charge >= 0.3 is 0 Å². The van der Waals surface area contributed by atoms with Gasteiger partial charge < -0.3 is 5.32 Å². The summed E-state index contributed by atoms with van der Waals surface area (Å²) in [6, 6.07) is 0. The van der Waals surface area contributed by atoms with E-state index in [1.807, 2.05) is 20.0 Å². The van der Waals surface area contributed by atoms with Gasteiger partial charge in [-0.05, 0) is 0 Å². The first-order chi connectivity index (χ1) is 5.47. The van der Waals surface area contributed by atoms with Crippen LogP contribution in [-0.2, 0) is 13.0 Å². The van der Waals surface area contributed by atoms with E-state index in [-0.39, 0.29) is 1.43 Å². The fourth-order valence-corrected chi connectivity index (χ4v) is 1.14. The molecule has 3 nitrogen and oxygen atoms in total. The lowest BCUT2D eigenvalue weighted by atomic mass is 10.1. The summed E-state index contributed by atoms with van der Waals surface area (Å²) in [6.45, 7) is 6.06. The molecular weight excluding hydrogens is 138 g/mol. The third kappa shape index (κ3) is 1.80. The third-order valence-electron chi connectivity index (χ3n) is 1.67. The van der Waals surface area contributed by atoms with Gasteiger partial charge in [0.15, 0.2) is 0 Å². The Morgan fingerprint density at radius 2 is 2.36 bits per heavy atom. The van der Waals surface area contributed by atoms with E-state index in [2.05, 4.69) is 15.5 Å². The highest BCUT2D eigenvalue weighted by atomic mass is 15.1. The minimum atomic E-state index is 0. The van der Waals surface area contributed by atoms with Crippen molar-refractivity contribution in [3.8, 4) is 0 Å². The van der Waals surface area contributed by atoms with E-state index < -0.39 is 0 Å². The van der Waals surface area contributed by atoms with E-state index >= 15 is 0 Å². The van der Waals surface area contributed by atoms with Crippen molar-refractivity contribution in [2.45, 2.75) is 26.8 Å². The molecule has 0 atom stereocenters. The molecule has 0 saturated carbocycles. The number of hydrogen-bond donors (Lipinski definition) is 2. The Balaban J connectivity index is 0.000000378. The normalized spacial score (nSPS) is 14.7. The number of aromatic nitrogens is 2. The Kier molecular flexibility index (Phi) is 3.11. The highest BCUT2D eigenvalue weighted by Crippen LogP contribution is 2.07. The summed E-state index contributed by atoms with van der Waals surface area (Å²) in [4.78, 5) is 0. The molecule has 0 aliphatic carbocycles. The van der Waals surface area contributed by atoms with Gasteiger partial charge in [-0.25, -0.2) is 0 Å². The third-order valence-corrected chi connectivity index (χ3v) is 1.67. The molecule has 0 spiro atoms. The predicted molar refractivity (Wildman–Crippen MR) is 47.5 cm³/mol.